The third kappa shape index (κ3) is 4.15. The molecule has 0 saturated heterocycles. The van der Waals surface area contributed by atoms with Crippen LogP contribution in [0.3, 0.4) is 0 Å². The van der Waals surface area contributed by atoms with E-state index in [1.54, 1.807) is 12.1 Å². The van der Waals surface area contributed by atoms with Gasteiger partial charge >= 0.3 is 0 Å². The highest BCUT2D eigenvalue weighted by molar-refractivity contribution is 5.26. The summed E-state index contributed by atoms with van der Waals surface area (Å²) < 4.78 is 13.2. The predicted octanol–water partition coefficient (Wildman–Crippen LogP) is 2.83. The average molecular weight is 273 g/mol. The molecule has 2 aromatic carbocycles. The molecule has 106 valence electrons. The van der Waals surface area contributed by atoms with Crippen molar-refractivity contribution in [2.75, 3.05) is 6.61 Å². The van der Waals surface area contributed by atoms with Crippen molar-refractivity contribution in [3.63, 3.8) is 0 Å². The molecular formula is C17H20FNO. The molecule has 0 radical (unpaired) electrons. The minimum Gasteiger partial charge on any atom is -0.395 e. The number of aliphatic hydroxyl groups excluding tert-OH is 1. The van der Waals surface area contributed by atoms with Gasteiger partial charge in [0.15, 0.2) is 0 Å². The van der Waals surface area contributed by atoms with Crippen molar-refractivity contribution >= 4 is 0 Å². The molecule has 0 saturated carbocycles. The fourth-order valence-corrected chi connectivity index (χ4v) is 2.18. The Kier molecular flexibility index (Phi) is 5.27. The quantitative estimate of drug-likeness (QED) is 0.848. The summed E-state index contributed by atoms with van der Waals surface area (Å²) in [7, 11) is 0. The molecule has 0 aromatic heterocycles. The van der Waals surface area contributed by atoms with Crippen LogP contribution in [-0.2, 0) is 13.0 Å². The number of benzene rings is 2. The third-order valence-corrected chi connectivity index (χ3v) is 3.44. The second-order valence-corrected chi connectivity index (χ2v) is 5.02. The van der Waals surface area contributed by atoms with Crippen LogP contribution in [0.2, 0.25) is 0 Å². The van der Waals surface area contributed by atoms with Gasteiger partial charge in [0.1, 0.15) is 5.82 Å². The zero-order valence-electron chi connectivity index (χ0n) is 11.6. The summed E-state index contributed by atoms with van der Waals surface area (Å²) in [6.07, 6.45) is 0.756. The monoisotopic (exact) mass is 273 g/mol. The molecule has 0 aliphatic rings. The molecule has 2 N–H and O–H groups in total. The molecule has 0 heterocycles. The largest absolute Gasteiger partial charge is 0.395 e. The Morgan fingerprint density at radius 1 is 1.15 bits per heavy atom. The molecule has 0 spiro atoms. The second-order valence-electron chi connectivity index (χ2n) is 5.02. The van der Waals surface area contributed by atoms with Crippen LogP contribution >= 0.6 is 0 Å². The van der Waals surface area contributed by atoms with Crippen LogP contribution in [-0.4, -0.2) is 17.8 Å². The summed E-state index contributed by atoms with van der Waals surface area (Å²) in [6.45, 7) is 2.58. The molecule has 2 rings (SSSR count). The van der Waals surface area contributed by atoms with E-state index in [2.05, 4.69) is 5.32 Å². The van der Waals surface area contributed by atoms with Crippen LogP contribution in [0.1, 0.15) is 16.7 Å². The molecule has 3 heteroatoms. The normalized spacial score (nSPS) is 12.3. The molecule has 2 aromatic rings. The van der Waals surface area contributed by atoms with Crippen LogP contribution in [0.4, 0.5) is 4.39 Å². The highest BCUT2D eigenvalue weighted by Gasteiger charge is 2.09. The van der Waals surface area contributed by atoms with Gasteiger partial charge in [0.2, 0.25) is 0 Å². The Bertz CT molecular complexity index is 542. The van der Waals surface area contributed by atoms with Gasteiger partial charge in [0, 0.05) is 12.6 Å². The third-order valence-electron chi connectivity index (χ3n) is 3.44. The molecule has 0 aliphatic heterocycles. The predicted molar refractivity (Wildman–Crippen MR) is 79.0 cm³/mol. The summed E-state index contributed by atoms with van der Waals surface area (Å²) in [6, 6.07) is 14.8. The molecule has 20 heavy (non-hydrogen) atoms. The summed E-state index contributed by atoms with van der Waals surface area (Å²) in [5, 5.41) is 12.7. The van der Waals surface area contributed by atoms with E-state index in [4.69, 9.17) is 0 Å². The van der Waals surface area contributed by atoms with Gasteiger partial charge in [-0.2, -0.15) is 0 Å². The SMILES string of the molecule is Cc1ccc(F)cc1CN[C@@H](CO)Cc1ccccc1. The fourth-order valence-electron chi connectivity index (χ4n) is 2.18. The van der Waals surface area contributed by atoms with Gasteiger partial charge in [0.25, 0.3) is 0 Å². The fraction of sp³-hybridized carbons (Fsp3) is 0.294. The van der Waals surface area contributed by atoms with E-state index in [0.717, 1.165) is 17.5 Å². The van der Waals surface area contributed by atoms with Gasteiger partial charge in [-0.15, -0.1) is 0 Å². The van der Waals surface area contributed by atoms with E-state index in [1.165, 1.54) is 11.6 Å². The number of halogens is 1. The first-order valence-corrected chi connectivity index (χ1v) is 6.82. The van der Waals surface area contributed by atoms with E-state index in [0.29, 0.717) is 6.54 Å². The summed E-state index contributed by atoms with van der Waals surface area (Å²) in [4.78, 5) is 0. The smallest absolute Gasteiger partial charge is 0.123 e. The lowest BCUT2D eigenvalue weighted by atomic mass is 10.0. The zero-order valence-corrected chi connectivity index (χ0v) is 11.6. The van der Waals surface area contributed by atoms with E-state index < -0.39 is 0 Å². The molecule has 0 aliphatic carbocycles. The van der Waals surface area contributed by atoms with Crippen molar-refractivity contribution in [2.24, 2.45) is 0 Å². The van der Waals surface area contributed by atoms with Crippen LogP contribution in [0.25, 0.3) is 0 Å². The summed E-state index contributed by atoms with van der Waals surface area (Å²) >= 11 is 0. The molecule has 0 bridgehead atoms. The second kappa shape index (κ2) is 7.17. The van der Waals surface area contributed by atoms with Crippen molar-refractivity contribution in [1.29, 1.82) is 0 Å². The van der Waals surface area contributed by atoms with Crippen LogP contribution < -0.4 is 5.32 Å². The maximum atomic E-state index is 13.2. The lowest BCUT2D eigenvalue weighted by molar-refractivity contribution is 0.240. The van der Waals surface area contributed by atoms with E-state index >= 15 is 0 Å². The molecule has 2 nitrogen and oxygen atoms in total. The number of nitrogens with one attached hydrogen (secondary N) is 1. The van der Waals surface area contributed by atoms with Gasteiger partial charge < -0.3 is 10.4 Å². The standard InChI is InChI=1S/C17H20FNO/c1-13-7-8-16(18)10-15(13)11-19-17(12-20)9-14-5-3-2-4-6-14/h2-8,10,17,19-20H,9,11-12H2,1H3/t17-/m1/s1. The molecular weight excluding hydrogens is 253 g/mol. The van der Waals surface area contributed by atoms with E-state index in [9.17, 15) is 9.50 Å². The Labute approximate surface area is 119 Å². The van der Waals surface area contributed by atoms with E-state index in [1.807, 2.05) is 37.3 Å². The average Bonchev–Trinajstić information content (AvgIpc) is 2.47. The molecule has 0 amide bonds. The maximum absolute atomic E-state index is 13.2. The Morgan fingerprint density at radius 3 is 2.60 bits per heavy atom. The van der Waals surface area contributed by atoms with Crippen molar-refractivity contribution in [3.05, 3.63) is 71.0 Å². The number of rotatable bonds is 6. The number of aryl methyl sites for hydroxylation is 1. The first kappa shape index (κ1) is 14.7. The van der Waals surface area contributed by atoms with Crippen molar-refractivity contribution in [1.82, 2.24) is 5.32 Å². The number of aliphatic hydroxyl groups is 1. The van der Waals surface area contributed by atoms with Crippen molar-refractivity contribution in [2.45, 2.75) is 25.9 Å². The number of hydrogen-bond donors (Lipinski definition) is 2. The number of hydrogen-bond acceptors (Lipinski definition) is 2. The van der Waals surface area contributed by atoms with Crippen LogP contribution in [0.5, 0.6) is 0 Å². The highest BCUT2D eigenvalue weighted by atomic mass is 19.1. The molecule has 0 unspecified atom stereocenters. The Morgan fingerprint density at radius 2 is 1.90 bits per heavy atom. The molecule has 0 fully saturated rings. The topological polar surface area (TPSA) is 32.3 Å². The van der Waals surface area contributed by atoms with E-state index in [-0.39, 0.29) is 18.5 Å². The highest BCUT2D eigenvalue weighted by Crippen LogP contribution is 2.11. The van der Waals surface area contributed by atoms with Crippen molar-refractivity contribution in [3.8, 4) is 0 Å². The van der Waals surface area contributed by atoms with Crippen molar-refractivity contribution < 1.29 is 9.50 Å². The minimum atomic E-state index is -0.226. The first-order valence-electron chi connectivity index (χ1n) is 6.82. The van der Waals surface area contributed by atoms with Gasteiger partial charge in [-0.25, -0.2) is 4.39 Å². The Hall–Kier alpha value is -1.71. The maximum Gasteiger partial charge on any atom is 0.123 e. The van der Waals surface area contributed by atoms with Gasteiger partial charge in [0.05, 0.1) is 6.61 Å². The lowest BCUT2D eigenvalue weighted by Gasteiger charge is -2.17. The zero-order chi connectivity index (χ0) is 14.4. The lowest BCUT2D eigenvalue weighted by Crippen LogP contribution is -2.34. The minimum absolute atomic E-state index is 0.0277. The van der Waals surface area contributed by atoms with Crippen LogP contribution in [0, 0.1) is 12.7 Å². The summed E-state index contributed by atoms with van der Waals surface area (Å²) in [5.41, 5.74) is 3.15. The van der Waals surface area contributed by atoms with Crippen LogP contribution in [0.15, 0.2) is 48.5 Å². The Balaban J connectivity index is 1.95. The van der Waals surface area contributed by atoms with Gasteiger partial charge in [-0.3, -0.25) is 0 Å². The van der Waals surface area contributed by atoms with Gasteiger partial charge in [-0.05, 0) is 42.2 Å². The van der Waals surface area contributed by atoms with Gasteiger partial charge in [-0.1, -0.05) is 36.4 Å². The summed E-state index contributed by atoms with van der Waals surface area (Å²) in [5.74, 6) is -0.226. The molecule has 1 atom stereocenters. The first-order chi connectivity index (χ1) is 9.69.